The van der Waals surface area contributed by atoms with E-state index >= 15 is 0 Å². The lowest BCUT2D eigenvalue weighted by atomic mass is 9.73. The molecule has 0 radical (unpaired) electrons. The molecule has 2 fully saturated rings. The van der Waals surface area contributed by atoms with Crippen LogP contribution in [-0.4, -0.2) is 41.4 Å². The Morgan fingerprint density at radius 2 is 1.87 bits per heavy atom. The third-order valence-electron chi connectivity index (χ3n) is 6.85. The van der Waals surface area contributed by atoms with Crippen molar-refractivity contribution in [2.24, 2.45) is 11.1 Å². The minimum absolute atomic E-state index is 0.0271. The number of ether oxygens (including phenoxy) is 1. The van der Waals surface area contributed by atoms with E-state index in [4.69, 9.17) is 38.7 Å². The van der Waals surface area contributed by atoms with E-state index in [1.165, 1.54) is 0 Å². The molecule has 2 aliphatic heterocycles. The number of rotatable bonds is 2. The Morgan fingerprint density at radius 1 is 1.20 bits per heavy atom. The van der Waals surface area contributed by atoms with Crippen molar-refractivity contribution in [3.63, 3.8) is 0 Å². The van der Waals surface area contributed by atoms with Crippen LogP contribution in [0.1, 0.15) is 36.7 Å². The molecule has 2 atom stereocenters. The number of anilines is 1. The molecule has 1 aromatic heterocycles. The number of hydrogen-bond donors (Lipinski definition) is 1. The zero-order valence-electron chi connectivity index (χ0n) is 17.8. The van der Waals surface area contributed by atoms with Gasteiger partial charge in [0.1, 0.15) is 11.6 Å². The quantitative estimate of drug-likeness (QED) is 0.752. The molecular weight excluding hydrogens is 423 g/mol. The molecule has 0 bridgehead atoms. The van der Waals surface area contributed by atoms with Crippen molar-refractivity contribution in [2.45, 2.75) is 52.7 Å². The van der Waals surface area contributed by atoms with Gasteiger partial charge in [0, 0.05) is 24.5 Å². The van der Waals surface area contributed by atoms with E-state index in [-0.39, 0.29) is 23.1 Å². The summed E-state index contributed by atoms with van der Waals surface area (Å²) in [6.07, 6.45) is 1.95. The molecule has 2 N–H and O–H groups in total. The van der Waals surface area contributed by atoms with Gasteiger partial charge in [0.25, 0.3) is 5.56 Å². The molecule has 6 nitrogen and oxygen atoms in total. The maximum absolute atomic E-state index is 13.4. The Morgan fingerprint density at radius 3 is 2.47 bits per heavy atom. The molecule has 1 aromatic carbocycles. The zero-order valence-corrected chi connectivity index (χ0v) is 19.3. The number of aromatic nitrogens is 2. The summed E-state index contributed by atoms with van der Waals surface area (Å²) in [5.41, 5.74) is 8.41. The maximum Gasteiger partial charge on any atom is 0.263 e. The standard InChI is InChI=1S/C22H28Cl2N4O2/c1-12-5-6-16(23)17(24)18(12)28-15(4)26-20(13(2)21(28)29)27-9-7-22(8-10-27)11-30-14(3)19(22)25/h5-6,14,19H,7-11,25H2,1-4H3/t14-,19+/m0/s1. The number of hydrogen-bond acceptors (Lipinski definition) is 5. The van der Waals surface area contributed by atoms with Gasteiger partial charge in [-0.25, -0.2) is 4.98 Å². The van der Waals surface area contributed by atoms with Crippen LogP contribution < -0.4 is 16.2 Å². The average molecular weight is 451 g/mol. The smallest absolute Gasteiger partial charge is 0.263 e. The number of aryl methyl sites for hydroxylation is 2. The molecule has 2 saturated heterocycles. The first-order chi connectivity index (χ1) is 14.2. The van der Waals surface area contributed by atoms with Gasteiger partial charge < -0.3 is 15.4 Å². The zero-order chi connectivity index (χ0) is 21.8. The van der Waals surface area contributed by atoms with Gasteiger partial charge in [0.2, 0.25) is 0 Å². The molecular formula is C22H28Cl2N4O2. The maximum atomic E-state index is 13.4. The summed E-state index contributed by atoms with van der Waals surface area (Å²) in [4.78, 5) is 20.4. The van der Waals surface area contributed by atoms with Crippen LogP contribution in [0, 0.1) is 26.2 Å². The van der Waals surface area contributed by atoms with Gasteiger partial charge in [-0.2, -0.15) is 0 Å². The summed E-state index contributed by atoms with van der Waals surface area (Å²) in [5.74, 6) is 1.32. The molecule has 0 amide bonds. The van der Waals surface area contributed by atoms with Crippen LogP contribution in [0.5, 0.6) is 0 Å². The highest BCUT2D eigenvalue weighted by Gasteiger charge is 2.47. The van der Waals surface area contributed by atoms with Crippen molar-refractivity contribution < 1.29 is 4.74 Å². The van der Waals surface area contributed by atoms with Crippen LogP contribution in [0.3, 0.4) is 0 Å². The minimum atomic E-state index is -0.125. The fraction of sp³-hybridized carbons (Fsp3) is 0.545. The summed E-state index contributed by atoms with van der Waals surface area (Å²) in [5, 5.41) is 0.774. The SMILES string of the molecule is Cc1ccc(Cl)c(Cl)c1-n1c(C)nc(N2CCC3(CC2)CO[C@@H](C)[C@H]3N)c(C)c1=O. The highest BCUT2D eigenvalue weighted by molar-refractivity contribution is 6.43. The second-order valence-corrected chi connectivity index (χ2v) is 9.45. The van der Waals surface area contributed by atoms with Crippen molar-refractivity contribution in [1.82, 2.24) is 9.55 Å². The van der Waals surface area contributed by atoms with E-state index in [0.717, 1.165) is 37.3 Å². The second-order valence-electron chi connectivity index (χ2n) is 8.67. The number of nitrogens with two attached hydrogens (primary N) is 1. The average Bonchev–Trinajstić information content (AvgIpc) is 2.99. The van der Waals surface area contributed by atoms with Crippen LogP contribution in [0.15, 0.2) is 16.9 Å². The van der Waals surface area contributed by atoms with Gasteiger partial charge in [0.05, 0.1) is 34.0 Å². The van der Waals surface area contributed by atoms with Gasteiger partial charge in [0.15, 0.2) is 0 Å². The summed E-state index contributed by atoms with van der Waals surface area (Å²) in [7, 11) is 0. The molecule has 4 rings (SSSR count). The van der Waals surface area contributed by atoms with Gasteiger partial charge in [-0.15, -0.1) is 0 Å². The van der Waals surface area contributed by atoms with E-state index in [9.17, 15) is 4.79 Å². The lowest BCUT2D eigenvalue weighted by Crippen LogP contribution is -2.51. The molecule has 1 spiro atoms. The van der Waals surface area contributed by atoms with E-state index in [2.05, 4.69) is 4.90 Å². The molecule has 0 saturated carbocycles. The highest BCUT2D eigenvalue weighted by Crippen LogP contribution is 2.42. The third kappa shape index (κ3) is 3.34. The van der Waals surface area contributed by atoms with Crippen LogP contribution in [0.2, 0.25) is 10.0 Å². The number of benzene rings is 1. The summed E-state index contributed by atoms with van der Waals surface area (Å²) >= 11 is 12.7. The Balaban J connectivity index is 1.69. The number of halogens is 2. The number of piperidine rings is 1. The Labute approximate surface area is 186 Å². The minimum Gasteiger partial charge on any atom is -0.376 e. The van der Waals surface area contributed by atoms with E-state index in [0.29, 0.717) is 33.7 Å². The van der Waals surface area contributed by atoms with Crippen molar-refractivity contribution in [1.29, 1.82) is 0 Å². The van der Waals surface area contributed by atoms with Crippen molar-refractivity contribution in [2.75, 3.05) is 24.6 Å². The summed E-state index contributed by atoms with van der Waals surface area (Å²) in [6.45, 7) is 9.92. The predicted molar refractivity (Wildman–Crippen MR) is 121 cm³/mol. The lowest BCUT2D eigenvalue weighted by Gasteiger charge is -2.42. The Hall–Kier alpha value is -1.60. The first-order valence-corrected chi connectivity index (χ1v) is 11.1. The summed E-state index contributed by atoms with van der Waals surface area (Å²) < 4.78 is 7.39. The predicted octanol–water partition coefficient (Wildman–Crippen LogP) is 3.80. The topological polar surface area (TPSA) is 73.4 Å². The van der Waals surface area contributed by atoms with Crippen LogP contribution >= 0.6 is 23.2 Å². The highest BCUT2D eigenvalue weighted by atomic mass is 35.5. The number of nitrogens with zero attached hydrogens (tertiary/aromatic N) is 3. The molecule has 3 heterocycles. The van der Waals surface area contributed by atoms with Crippen LogP contribution in [0.25, 0.3) is 5.69 Å². The first-order valence-electron chi connectivity index (χ1n) is 10.3. The van der Waals surface area contributed by atoms with E-state index in [1.807, 2.05) is 33.8 Å². The molecule has 162 valence electrons. The van der Waals surface area contributed by atoms with Gasteiger partial charge >= 0.3 is 0 Å². The lowest BCUT2D eigenvalue weighted by molar-refractivity contribution is 0.0974. The summed E-state index contributed by atoms with van der Waals surface area (Å²) in [6, 6.07) is 3.65. The third-order valence-corrected chi connectivity index (χ3v) is 7.64. The molecule has 2 aromatic rings. The van der Waals surface area contributed by atoms with Gasteiger partial charge in [-0.1, -0.05) is 29.3 Å². The van der Waals surface area contributed by atoms with Gasteiger partial charge in [-0.3, -0.25) is 9.36 Å². The van der Waals surface area contributed by atoms with Crippen molar-refractivity contribution in [3.8, 4) is 5.69 Å². The van der Waals surface area contributed by atoms with E-state index in [1.54, 1.807) is 10.6 Å². The fourth-order valence-electron chi connectivity index (χ4n) is 4.82. The monoisotopic (exact) mass is 450 g/mol. The molecule has 8 heteroatoms. The van der Waals surface area contributed by atoms with Crippen LogP contribution in [-0.2, 0) is 4.74 Å². The Kier molecular flexibility index (Phi) is 5.64. The Bertz CT molecular complexity index is 1040. The molecule has 0 unspecified atom stereocenters. The van der Waals surface area contributed by atoms with Crippen molar-refractivity contribution >= 4 is 29.0 Å². The normalized spacial score (nSPS) is 23.4. The van der Waals surface area contributed by atoms with Crippen molar-refractivity contribution in [3.05, 3.63) is 49.5 Å². The van der Waals surface area contributed by atoms with Crippen LogP contribution in [0.4, 0.5) is 5.82 Å². The second kappa shape index (κ2) is 7.83. The molecule has 2 aliphatic rings. The largest absolute Gasteiger partial charge is 0.376 e. The molecule has 30 heavy (non-hydrogen) atoms. The fourth-order valence-corrected chi connectivity index (χ4v) is 5.27. The van der Waals surface area contributed by atoms with E-state index < -0.39 is 0 Å². The first kappa shape index (κ1) is 21.6. The molecule has 0 aliphatic carbocycles. The van der Waals surface area contributed by atoms with Gasteiger partial charge in [-0.05, 0) is 52.2 Å².